The van der Waals surface area contributed by atoms with E-state index >= 15 is 0 Å². The molecular weight excluding hydrogens is 494 g/mol. The van der Waals surface area contributed by atoms with E-state index in [2.05, 4.69) is 19.9 Å². The van der Waals surface area contributed by atoms with Gasteiger partial charge in [-0.3, -0.25) is 4.98 Å². The van der Waals surface area contributed by atoms with Gasteiger partial charge in [-0.25, -0.2) is 19.6 Å². The smallest absolute Gasteiger partial charge is 0.481 e. The molecule has 1 aliphatic heterocycles. The summed E-state index contributed by atoms with van der Waals surface area (Å²) in [4.78, 5) is 32.3. The van der Waals surface area contributed by atoms with Gasteiger partial charge in [-0.05, 0) is 18.9 Å². The molecule has 3 rings (SSSR count). The minimum absolute atomic E-state index is 0.549. The fraction of sp³-hybridized carbons (Fsp3) is 0.421. The first-order chi connectivity index (χ1) is 16.1. The van der Waals surface area contributed by atoms with Crippen LogP contribution in [0.1, 0.15) is 18.4 Å². The summed E-state index contributed by atoms with van der Waals surface area (Å²) in [6, 6.07) is 5.60. The fourth-order valence-electron chi connectivity index (χ4n) is 2.65. The Balaban J connectivity index is 0.000000362. The van der Waals surface area contributed by atoms with Crippen molar-refractivity contribution in [1.29, 1.82) is 0 Å². The first-order valence-corrected chi connectivity index (χ1v) is 9.44. The van der Waals surface area contributed by atoms with Gasteiger partial charge < -0.3 is 25.0 Å². The number of aliphatic carboxylic acids is 2. The topological polar surface area (TPSA) is 146 Å². The van der Waals surface area contributed by atoms with Crippen LogP contribution in [0, 0.1) is 0 Å². The lowest BCUT2D eigenvalue weighted by Gasteiger charge is -2.38. The molecule has 1 fully saturated rings. The molecule has 0 bridgehead atoms. The Kier molecular flexibility index (Phi) is 10.2. The number of nitrogens with zero attached hydrogens (tertiary/aromatic N) is 4. The number of rotatable bonds is 3. The number of halogens is 6. The molecule has 0 spiro atoms. The number of pyridine rings is 1. The van der Waals surface area contributed by atoms with Crippen LogP contribution in [-0.4, -0.2) is 74.8 Å². The van der Waals surface area contributed by atoms with Crippen LogP contribution in [0.3, 0.4) is 0 Å². The third kappa shape index (κ3) is 9.60. The van der Waals surface area contributed by atoms with Crippen LogP contribution < -0.4 is 9.64 Å². The van der Waals surface area contributed by atoms with Crippen LogP contribution in [0.5, 0.6) is 5.88 Å². The van der Waals surface area contributed by atoms with Gasteiger partial charge in [0.05, 0.1) is 12.7 Å². The Hall–Kier alpha value is -3.69. The maximum Gasteiger partial charge on any atom is 0.490 e. The molecule has 3 N–H and O–H groups in total. The summed E-state index contributed by atoms with van der Waals surface area (Å²) in [6.45, 7) is 1.46. The normalized spacial score (nSPS) is 15.0. The van der Waals surface area contributed by atoms with Gasteiger partial charge >= 0.3 is 24.3 Å². The predicted molar refractivity (Wildman–Crippen MR) is 106 cm³/mol. The highest BCUT2D eigenvalue weighted by atomic mass is 19.4. The van der Waals surface area contributed by atoms with Crippen LogP contribution in [-0.2, 0) is 15.2 Å². The summed E-state index contributed by atoms with van der Waals surface area (Å²) in [6.07, 6.45) is -3.93. The Bertz CT molecular complexity index is 942. The molecule has 1 saturated heterocycles. The predicted octanol–water partition coefficient (Wildman–Crippen LogP) is 2.63. The summed E-state index contributed by atoms with van der Waals surface area (Å²) in [5.74, 6) is -4.14. The van der Waals surface area contributed by atoms with Crippen LogP contribution in [0.25, 0.3) is 0 Å². The number of ether oxygens (including phenoxy) is 1. The Morgan fingerprint density at radius 2 is 1.54 bits per heavy atom. The highest BCUT2D eigenvalue weighted by Gasteiger charge is 2.39. The molecule has 0 saturated carbocycles. The number of hydrogen-bond acceptors (Lipinski definition) is 8. The van der Waals surface area contributed by atoms with Gasteiger partial charge in [0.2, 0.25) is 5.88 Å². The van der Waals surface area contributed by atoms with E-state index in [4.69, 9.17) is 24.5 Å². The second-order valence-corrected chi connectivity index (χ2v) is 6.78. The third-order valence-electron chi connectivity index (χ3n) is 4.44. The Morgan fingerprint density at radius 3 is 1.94 bits per heavy atom. The van der Waals surface area contributed by atoms with Crippen molar-refractivity contribution in [2.75, 3.05) is 25.1 Å². The quantitative estimate of drug-likeness (QED) is 0.523. The lowest BCUT2D eigenvalue weighted by atomic mass is 9.85. The van der Waals surface area contributed by atoms with E-state index < -0.39 is 29.9 Å². The molecule has 194 valence electrons. The highest BCUT2D eigenvalue weighted by molar-refractivity contribution is 5.73. The highest BCUT2D eigenvalue weighted by Crippen LogP contribution is 2.33. The van der Waals surface area contributed by atoms with Crippen LogP contribution in [0.15, 0.2) is 36.9 Å². The Labute approximate surface area is 193 Å². The number of alkyl halides is 6. The SMILES string of the molecule is COc1cc(N2CCC(O)(c3cccnc3)CC2)ncn1.O=C(O)C(F)(F)F.O=C(O)C(F)(F)F. The van der Waals surface area contributed by atoms with Gasteiger partial charge in [-0.2, -0.15) is 26.3 Å². The van der Waals surface area contributed by atoms with Crippen molar-refractivity contribution >= 4 is 17.8 Å². The summed E-state index contributed by atoms with van der Waals surface area (Å²) >= 11 is 0. The van der Waals surface area contributed by atoms with Crippen molar-refractivity contribution < 1.29 is 56.0 Å². The summed E-state index contributed by atoms with van der Waals surface area (Å²) in [5.41, 5.74) is 0.0759. The molecule has 0 radical (unpaired) electrons. The molecule has 16 heteroatoms. The molecule has 0 unspecified atom stereocenters. The van der Waals surface area contributed by atoms with E-state index in [1.807, 2.05) is 18.2 Å². The molecule has 2 aromatic rings. The minimum atomic E-state index is -5.08. The standard InChI is InChI=1S/C15H18N4O2.2C2HF3O2/c1-21-14-9-13(17-11-18-14)19-7-4-15(20,5-8-19)12-3-2-6-16-10-12;2*3-2(4,5)1(6)7/h2-3,6,9-11,20H,4-5,7-8H2,1H3;2*(H,6,7). The molecule has 1 aliphatic rings. The van der Waals surface area contributed by atoms with Gasteiger partial charge in [0, 0.05) is 37.1 Å². The number of aliphatic hydroxyl groups is 1. The molecule has 35 heavy (non-hydrogen) atoms. The van der Waals surface area contributed by atoms with Crippen LogP contribution in [0.4, 0.5) is 32.2 Å². The van der Waals surface area contributed by atoms with Gasteiger partial charge in [0.15, 0.2) is 0 Å². The first-order valence-electron chi connectivity index (χ1n) is 9.44. The summed E-state index contributed by atoms with van der Waals surface area (Å²) in [5, 5.41) is 25.0. The summed E-state index contributed by atoms with van der Waals surface area (Å²) < 4.78 is 68.6. The van der Waals surface area contributed by atoms with E-state index in [0.29, 0.717) is 18.7 Å². The number of aromatic nitrogens is 3. The fourth-order valence-corrected chi connectivity index (χ4v) is 2.65. The zero-order valence-corrected chi connectivity index (χ0v) is 17.9. The van der Waals surface area contributed by atoms with Crippen molar-refractivity contribution in [3.05, 3.63) is 42.5 Å². The van der Waals surface area contributed by atoms with Crippen LogP contribution in [0.2, 0.25) is 0 Å². The molecule has 3 heterocycles. The van der Waals surface area contributed by atoms with E-state index in [1.165, 1.54) is 6.33 Å². The number of carboxylic acid groups (broad SMARTS) is 2. The van der Waals surface area contributed by atoms with Crippen LogP contribution >= 0.6 is 0 Å². The average Bonchev–Trinajstić information content (AvgIpc) is 2.80. The van der Waals surface area contributed by atoms with Crippen molar-refractivity contribution in [3.8, 4) is 5.88 Å². The first kappa shape index (κ1) is 29.3. The zero-order valence-electron chi connectivity index (χ0n) is 17.9. The molecular formula is C19H20F6N4O6. The summed E-state index contributed by atoms with van der Waals surface area (Å²) in [7, 11) is 1.59. The number of carboxylic acids is 2. The number of carbonyl (C=O) groups is 2. The number of piperidine rings is 1. The minimum Gasteiger partial charge on any atom is -0.481 e. The van der Waals surface area contributed by atoms with Crippen molar-refractivity contribution in [3.63, 3.8) is 0 Å². The maximum absolute atomic E-state index is 10.8. The molecule has 0 aromatic carbocycles. The maximum atomic E-state index is 10.8. The van der Waals surface area contributed by atoms with Crippen molar-refractivity contribution in [2.45, 2.75) is 30.8 Å². The van der Waals surface area contributed by atoms with Gasteiger partial charge in [0.25, 0.3) is 0 Å². The molecule has 0 atom stereocenters. The van der Waals surface area contributed by atoms with E-state index in [-0.39, 0.29) is 0 Å². The second-order valence-electron chi connectivity index (χ2n) is 6.78. The Morgan fingerprint density at radius 1 is 1.03 bits per heavy atom. The zero-order chi connectivity index (χ0) is 26.9. The van der Waals surface area contributed by atoms with E-state index in [1.54, 1.807) is 19.5 Å². The van der Waals surface area contributed by atoms with Crippen molar-refractivity contribution in [2.24, 2.45) is 0 Å². The number of anilines is 1. The van der Waals surface area contributed by atoms with Gasteiger partial charge in [-0.15, -0.1) is 0 Å². The average molecular weight is 514 g/mol. The van der Waals surface area contributed by atoms with E-state index in [0.717, 1.165) is 24.5 Å². The molecule has 0 aliphatic carbocycles. The molecule has 0 amide bonds. The molecule has 2 aromatic heterocycles. The van der Waals surface area contributed by atoms with Gasteiger partial charge in [-0.1, -0.05) is 6.07 Å². The largest absolute Gasteiger partial charge is 0.490 e. The monoisotopic (exact) mass is 514 g/mol. The number of methoxy groups -OCH3 is 1. The van der Waals surface area contributed by atoms with Gasteiger partial charge in [0.1, 0.15) is 12.1 Å². The van der Waals surface area contributed by atoms with E-state index in [9.17, 15) is 31.4 Å². The lowest BCUT2D eigenvalue weighted by molar-refractivity contribution is -0.193. The second kappa shape index (κ2) is 12.1. The third-order valence-corrected chi connectivity index (χ3v) is 4.44. The van der Waals surface area contributed by atoms with Crippen molar-refractivity contribution in [1.82, 2.24) is 15.0 Å². The lowest BCUT2D eigenvalue weighted by Crippen LogP contribution is -2.43. The molecule has 10 nitrogen and oxygen atoms in total. The number of hydrogen-bond donors (Lipinski definition) is 3.